The van der Waals surface area contributed by atoms with Gasteiger partial charge < -0.3 is 19.3 Å². The summed E-state index contributed by atoms with van der Waals surface area (Å²) in [6.45, 7) is 10.6. The lowest BCUT2D eigenvalue weighted by Crippen LogP contribution is -2.36. The minimum Gasteiger partial charge on any atom is -0.462 e. The van der Waals surface area contributed by atoms with Gasteiger partial charge in [0.25, 0.3) is 0 Å². The van der Waals surface area contributed by atoms with Crippen molar-refractivity contribution in [2.75, 3.05) is 13.2 Å². The fourth-order valence-electron chi connectivity index (χ4n) is 4.50. The summed E-state index contributed by atoms with van der Waals surface area (Å²) in [6.07, 6.45) is 3.50. The third kappa shape index (κ3) is 4.05. The zero-order valence-electron chi connectivity index (χ0n) is 16.7. The molecule has 1 heterocycles. The predicted molar refractivity (Wildman–Crippen MR) is 103 cm³/mol. The van der Waals surface area contributed by atoms with Gasteiger partial charge in [0.05, 0.1) is 18.1 Å². The van der Waals surface area contributed by atoms with Crippen LogP contribution >= 0.6 is 0 Å². The second-order valence-electron chi connectivity index (χ2n) is 7.73. The van der Waals surface area contributed by atoms with Crippen LogP contribution in [-0.4, -0.2) is 48.4 Å². The lowest BCUT2D eigenvalue weighted by atomic mass is 9.80. The highest BCUT2D eigenvalue weighted by atomic mass is 16.6. The quantitative estimate of drug-likeness (QED) is 0.325. The smallest absolute Gasteiger partial charge is 0.336 e. The molecule has 156 valence electrons. The summed E-state index contributed by atoms with van der Waals surface area (Å²) in [7, 11) is 0. The first-order valence-corrected chi connectivity index (χ1v) is 9.62. The number of aliphatic hydroxyl groups is 1. The van der Waals surface area contributed by atoms with Crippen LogP contribution in [0.15, 0.2) is 47.6 Å². The molecule has 0 aromatic carbocycles. The molecule has 5 atom stereocenters. The number of aliphatic hydroxyl groups excluding tert-OH is 1. The average Bonchev–Trinajstić information content (AvgIpc) is 3.14. The van der Waals surface area contributed by atoms with Crippen LogP contribution < -0.4 is 0 Å². The third-order valence-corrected chi connectivity index (χ3v) is 5.96. The Morgan fingerprint density at radius 1 is 1.34 bits per heavy atom. The van der Waals surface area contributed by atoms with Crippen molar-refractivity contribution in [1.82, 2.24) is 0 Å². The van der Waals surface area contributed by atoms with Crippen molar-refractivity contribution in [3.05, 3.63) is 47.6 Å². The molecule has 1 saturated heterocycles. The number of hydrogen-bond acceptors (Lipinski definition) is 7. The number of esters is 3. The molecule has 0 aromatic rings. The fourth-order valence-corrected chi connectivity index (χ4v) is 4.50. The van der Waals surface area contributed by atoms with E-state index in [4.69, 9.17) is 14.2 Å². The Morgan fingerprint density at radius 3 is 2.72 bits per heavy atom. The molecule has 7 nitrogen and oxygen atoms in total. The predicted octanol–water partition coefficient (Wildman–Crippen LogP) is 2.02. The van der Waals surface area contributed by atoms with E-state index < -0.39 is 42.6 Å². The number of carbonyl (C=O) groups is 3. The molecule has 0 spiro atoms. The van der Waals surface area contributed by atoms with Gasteiger partial charge in [0, 0.05) is 24.8 Å². The van der Waals surface area contributed by atoms with Crippen LogP contribution in [0.25, 0.3) is 0 Å². The van der Waals surface area contributed by atoms with Crippen molar-refractivity contribution < 1.29 is 33.7 Å². The van der Waals surface area contributed by atoms with Gasteiger partial charge in [-0.05, 0) is 25.3 Å². The van der Waals surface area contributed by atoms with Gasteiger partial charge in [-0.3, -0.25) is 4.79 Å². The molecule has 3 rings (SSSR count). The Labute approximate surface area is 169 Å². The molecule has 0 bridgehead atoms. The Morgan fingerprint density at radius 2 is 2.07 bits per heavy atom. The second-order valence-corrected chi connectivity index (χ2v) is 7.73. The number of carbonyl (C=O) groups excluding carboxylic acids is 3. The summed E-state index contributed by atoms with van der Waals surface area (Å²) < 4.78 is 16.1. The minimum absolute atomic E-state index is 0.00350. The van der Waals surface area contributed by atoms with E-state index in [-0.39, 0.29) is 29.6 Å². The average molecular weight is 402 g/mol. The molecule has 0 radical (unpaired) electrons. The standard InChI is InChI=1S/C22H26O7/c1-11-5-6-16-12(2)9-17(19-13(3)21(25)29-20(19)18(11)16)28-22(26)15(10-23)7-8-27-14(4)24/h5,7,16-20,23H,2-3,6,8-10H2,1,4H3/b15-7+/t16-,17+,18-,19+,20+/m0/s1. The summed E-state index contributed by atoms with van der Waals surface area (Å²) in [5.41, 5.74) is 2.34. The van der Waals surface area contributed by atoms with Crippen molar-refractivity contribution in [3.8, 4) is 0 Å². The largest absolute Gasteiger partial charge is 0.462 e. The monoisotopic (exact) mass is 402 g/mol. The highest BCUT2D eigenvalue weighted by Crippen LogP contribution is 2.50. The van der Waals surface area contributed by atoms with Crippen LogP contribution in [-0.2, 0) is 28.6 Å². The SMILES string of the molecule is C=C1C(=O)O[C@@H]2[C@H]3C(C)=CC[C@H]3C(=C)C[C@@H](OC(=O)/C(=C/COC(C)=O)CO)[C@@H]12. The van der Waals surface area contributed by atoms with E-state index in [9.17, 15) is 19.5 Å². The van der Waals surface area contributed by atoms with Crippen LogP contribution in [0.1, 0.15) is 26.7 Å². The zero-order valence-corrected chi connectivity index (χ0v) is 16.7. The molecule has 2 aliphatic carbocycles. The Hall–Kier alpha value is -2.67. The van der Waals surface area contributed by atoms with E-state index in [2.05, 4.69) is 19.2 Å². The summed E-state index contributed by atoms with van der Waals surface area (Å²) in [4.78, 5) is 35.8. The summed E-state index contributed by atoms with van der Waals surface area (Å²) >= 11 is 0. The number of hydrogen-bond donors (Lipinski definition) is 1. The van der Waals surface area contributed by atoms with Gasteiger partial charge in [-0.25, -0.2) is 9.59 Å². The summed E-state index contributed by atoms with van der Waals surface area (Å²) in [5.74, 6) is -2.06. The van der Waals surface area contributed by atoms with Crippen LogP contribution in [0.2, 0.25) is 0 Å². The van der Waals surface area contributed by atoms with E-state index in [0.717, 1.165) is 17.6 Å². The van der Waals surface area contributed by atoms with Crippen molar-refractivity contribution >= 4 is 17.9 Å². The van der Waals surface area contributed by atoms with Crippen LogP contribution in [0.4, 0.5) is 0 Å². The van der Waals surface area contributed by atoms with E-state index >= 15 is 0 Å². The maximum Gasteiger partial charge on any atom is 0.336 e. The maximum absolute atomic E-state index is 12.6. The molecule has 29 heavy (non-hydrogen) atoms. The normalized spacial score (nSPS) is 31.4. The molecule has 1 aliphatic heterocycles. The molecule has 0 unspecified atom stereocenters. The molecule has 0 aromatic heterocycles. The zero-order chi connectivity index (χ0) is 21.3. The van der Waals surface area contributed by atoms with Gasteiger partial charge >= 0.3 is 17.9 Å². The highest BCUT2D eigenvalue weighted by Gasteiger charge is 2.54. The molecule has 0 amide bonds. The van der Waals surface area contributed by atoms with E-state index in [1.165, 1.54) is 13.0 Å². The first-order valence-electron chi connectivity index (χ1n) is 9.62. The highest BCUT2D eigenvalue weighted by molar-refractivity contribution is 5.92. The van der Waals surface area contributed by atoms with Crippen LogP contribution in [0.5, 0.6) is 0 Å². The van der Waals surface area contributed by atoms with Gasteiger partial charge in [0.2, 0.25) is 0 Å². The maximum atomic E-state index is 12.6. The summed E-state index contributed by atoms with van der Waals surface area (Å²) in [5, 5.41) is 9.52. The Balaban J connectivity index is 1.84. The molecule has 2 fully saturated rings. The number of rotatable bonds is 5. The third-order valence-electron chi connectivity index (χ3n) is 5.96. The minimum atomic E-state index is -0.734. The van der Waals surface area contributed by atoms with Gasteiger partial charge in [-0.1, -0.05) is 30.4 Å². The van der Waals surface area contributed by atoms with Gasteiger partial charge in [-0.15, -0.1) is 0 Å². The van der Waals surface area contributed by atoms with Crippen molar-refractivity contribution in [2.24, 2.45) is 17.8 Å². The molecular weight excluding hydrogens is 376 g/mol. The molecule has 1 saturated carbocycles. The van der Waals surface area contributed by atoms with E-state index in [0.29, 0.717) is 6.42 Å². The van der Waals surface area contributed by atoms with Crippen molar-refractivity contribution in [1.29, 1.82) is 0 Å². The first-order chi connectivity index (χ1) is 13.7. The Bertz CT molecular complexity index is 819. The molecule has 3 aliphatic rings. The topological polar surface area (TPSA) is 99.1 Å². The first kappa shape index (κ1) is 21.0. The molecule has 7 heteroatoms. The van der Waals surface area contributed by atoms with Gasteiger partial charge in [0.1, 0.15) is 18.8 Å². The van der Waals surface area contributed by atoms with Crippen LogP contribution in [0, 0.1) is 17.8 Å². The van der Waals surface area contributed by atoms with Crippen molar-refractivity contribution in [2.45, 2.75) is 38.9 Å². The Kier molecular flexibility index (Phi) is 6.07. The number of fused-ring (bicyclic) bond motifs is 3. The summed E-state index contributed by atoms with van der Waals surface area (Å²) in [6, 6.07) is 0. The van der Waals surface area contributed by atoms with E-state index in [1.807, 2.05) is 6.92 Å². The second kappa shape index (κ2) is 8.37. The number of ether oxygens (including phenoxy) is 3. The molecular formula is C22H26O7. The van der Waals surface area contributed by atoms with Gasteiger partial charge in [-0.2, -0.15) is 0 Å². The number of allylic oxidation sites excluding steroid dienone is 1. The lowest BCUT2D eigenvalue weighted by Gasteiger charge is -2.28. The fraction of sp³-hybridized carbons (Fsp3) is 0.500. The van der Waals surface area contributed by atoms with E-state index in [1.54, 1.807) is 0 Å². The van der Waals surface area contributed by atoms with Gasteiger partial charge in [0.15, 0.2) is 0 Å². The molecule has 1 N–H and O–H groups in total. The van der Waals surface area contributed by atoms with Crippen LogP contribution in [0.3, 0.4) is 0 Å². The van der Waals surface area contributed by atoms with Crippen molar-refractivity contribution in [3.63, 3.8) is 0 Å². The lowest BCUT2D eigenvalue weighted by molar-refractivity contribution is -0.149.